The monoisotopic (exact) mass is 429 g/mol. The van der Waals surface area contributed by atoms with E-state index >= 15 is 0 Å². The van der Waals surface area contributed by atoms with Gasteiger partial charge in [-0.15, -0.1) is 16.4 Å². The van der Waals surface area contributed by atoms with Gasteiger partial charge in [-0.3, -0.25) is 9.59 Å². The lowest BCUT2D eigenvalue weighted by atomic mass is 10.2. The maximum absolute atomic E-state index is 12.8. The fourth-order valence-corrected chi connectivity index (χ4v) is 4.11. The average molecular weight is 430 g/mol. The molecule has 0 radical (unpaired) electrons. The van der Waals surface area contributed by atoms with Crippen molar-refractivity contribution < 1.29 is 9.59 Å². The van der Waals surface area contributed by atoms with Crippen molar-refractivity contribution >= 4 is 34.9 Å². The van der Waals surface area contributed by atoms with E-state index in [1.807, 2.05) is 37.6 Å². The highest BCUT2D eigenvalue weighted by Crippen LogP contribution is 2.21. The summed E-state index contributed by atoms with van der Waals surface area (Å²) < 4.78 is 1.66. The van der Waals surface area contributed by atoms with Crippen molar-refractivity contribution in [2.24, 2.45) is 0 Å². The summed E-state index contributed by atoms with van der Waals surface area (Å²) in [5, 5.41) is 16.1. The Kier molecular flexibility index (Phi) is 7.05. The van der Waals surface area contributed by atoms with Crippen LogP contribution in [-0.4, -0.2) is 39.6 Å². The van der Waals surface area contributed by atoms with Crippen LogP contribution in [0.1, 0.15) is 51.3 Å². The van der Waals surface area contributed by atoms with Crippen LogP contribution in [0, 0.1) is 0 Å². The Morgan fingerprint density at radius 1 is 1.21 bits per heavy atom. The third-order valence-electron chi connectivity index (χ3n) is 4.29. The third-order valence-corrected chi connectivity index (χ3v) is 5.91. The van der Waals surface area contributed by atoms with Crippen molar-refractivity contribution in [3.05, 3.63) is 63.6 Å². The van der Waals surface area contributed by atoms with Gasteiger partial charge in [0.15, 0.2) is 5.69 Å². The molecule has 0 aliphatic carbocycles. The predicted molar refractivity (Wildman–Crippen MR) is 117 cm³/mol. The van der Waals surface area contributed by atoms with Crippen LogP contribution in [0.3, 0.4) is 0 Å². The average Bonchev–Trinajstić information content (AvgIpc) is 3.39. The van der Waals surface area contributed by atoms with Gasteiger partial charge in [0.2, 0.25) is 0 Å². The lowest BCUT2D eigenvalue weighted by Gasteiger charge is -2.12. The zero-order chi connectivity index (χ0) is 20.8. The third kappa shape index (κ3) is 4.86. The van der Waals surface area contributed by atoms with Crippen molar-refractivity contribution in [2.75, 3.05) is 12.8 Å². The van der Waals surface area contributed by atoms with Crippen molar-refractivity contribution in [1.82, 2.24) is 25.6 Å². The van der Waals surface area contributed by atoms with Crippen molar-refractivity contribution in [3.8, 4) is 5.69 Å². The van der Waals surface area contributed by atoms with Gasteiger partial charge < -0.3 is 10.6 Å². The minimum Gasteiger partial charge on any atom is -0.352 e. The molecular weight excluding hydrogens is 406 g/mol. The number of carbonyl (C=O) groups is 2. The molecule has 0 aliphatic rings. The van der Waals surface area contributed by atoms with Gasteiger partial charge in [-0.2, -0.15) is 11.8 Å². The Labute approximate surface area is 177 Å². The van der Waals surface area contributed by atoms with Gasteiger partial charge in [-0.05, 0) is 55.8 Å². The summed E-state index contributed by atoms with van der Waals surface area (Å²) in [7, 11) is 0. The molecule has 2 heterocycles. The van der Waals surface area contributed by atoms with Gasteiger partial charge in [-0.25, -0.2) is 4.68 Å². The van der Waals surface area contributed by atoms with Gasteiger partial charge in [-0.1, -0.05) is 11.3 Å². The van der Waals surface area contributed by atoms with E-state index in [-0.39, 0.29) is 17.9 Å². The quantitative estimate of drug-likeness (QED) is 0.573. The van der Waals surface area contributed by atoms with Crippen LogP contribution in [0.25, 0.3) is 5.69 Å². The number of thiophene rings is 1. The number of rotatable bonds is 8. The van der Waals surface area contributed by atoms with Gasteiger partial charge in [0.25, 0.3) is 11.8 Å². The zero-order valence-electron chi connectivity index (χ0n) is 16.5. The molecule has 9 heteroatoms. The van der Waals surface area contributed by atoms with Crippen LogP contribution in [0.2, 0.25) is 0 Å². The first-order valence-corrected chi connectivity index (χ1v) is 11.5. The van der Waals surface area contributed by atoms with E-state index in [1.54, 1.807) is 52.0 Å². The number of thioether (sulfide) groups is 1. The Morgan fingerprint density at radius 2 is 1.97 bits per heavy atom. The molecule has 2 amide bonds. The summed E-state index contributed by atoms with van der Waals surface area (Å²) in [6.45, 7) is 4.40. The first-order chi connectivity index (χ1) is 14.0. The molecule has 0 bridgehead atoms. The molecule has 0 aliphatic heterocycles. The van der Waals surface area contributed by atoms with Gasteiger partial charge in [0.05, 0.1) is 17.4 Å². The van der Waals surface area contributed by atoms with Gasteiger partial charge >= 0.3 is 0 Å². The van der Waals surface area contributed by atoms with Crippen molar-refractivity contribution in [2.45, 2.75) is 25.6 Å². The zero-order valence-corrected chi connectivity index (χ0v) is 18.1. The molecule has 3 aromatic rings. The van der Waals surface area contributed by atoms with E-state index in [9.17, 15) is 9.59 Å². The van der Waals surface area contributed by atoms with Gasteiger partial charge in [0.1, 0.15) is 0 Å². The molecule has 3 rings (SSSR count). The van der Waals surface area contributed by atoms with Crippen LogP contribution < -0.4 is 10.6 Å². The van der Waals surface area contributed by atoms with E-state index in [0.29, 0.717) is 23.6 Å². The highest BCUT2D eigenvalue weighted by Gasteiger charge is 2.22. The molecule has 1 atom stereocenters. The second-order valence-corrected chi connectivity index (χ2v) is 8.19. The van der Waals surface area contributed by atoms with Crippen LogP contribution in [0.5, 0.6) is 0 Å². The topological polar surface area (TPSA) is 88.9 Å². The number of amides is 2. The van der Waals surface area contributed by atoms with E-state index in [4.69, 9.17) is 0 Å². The lowest BCUT2D eigenvalue weighted by molar-refractivity contribution is 0.0931. The summed E-state index contributed by atoms with van der Waals surface area (Å²) in [4.78, 5) is 25.9. The highest BCUT2D eigenvalue weighted by molar-refractivity contribution is 7.97. The van der Waals surface area contributed by atoms with E-state index < -0.39 is 0 Å². The highest BCUT2D eigenvalue weighted by atomic mass is 32.2. The second-order valence-electron chi connectivity index (χ2n) is 6.35. The normalized spacial score (nSPS) is 11.8. The predicted octanol–water partition coefficient (Wildman–Crippen LogP) is 3.43. The molecule has 0 saturated carbocycles. The summed E-state index contributed by atoms with van der Waals surface area (Å²) in [5.74, 6) is 0.214. The Bertz CT molecular complexity index is 967. The van der Waals surface area contributed by atoms with Crippen LogP contribution in [0.4, 0.5) is 0 Å². The maximum atomic E-state index is 12.8. The molecule has 2 N–H and O–H groups in total. The van der Waals surface area contributed by atoms with Crippen molar-refractivity contribution in [1.29, 1.82) is 0 Å². The van der Waals surface area contributed by atoms with E-state index in [2.05, 4.69) is 20.9 Å². The molecule has 29 heavy (non-hydrogen) atoms. The van der Waals surface area contributed by atoms with Crippen molar-refractivity contribution in [3.63, 3.8) is 0 Å². The first-order valence-electron chi connectivity index (χ1n) is 9.21. The molecule has 1 unspecified atom stereocenters. The molecule has 152 valence electrons. The van der Waals surface area contributed by atoms with Gasteiger partial charge in [0, 0.05) is 22.7 Å². The first kappa shape index (κ1) is 21.1. The summed E-state index contributed by atoms with van der Waals surface area (Å²) in [5.41, 5.74) is 2.36. The smallest absolute Gasteiger partial charge is 0.274 e. The molecule has 1 aromatic carbocycles. The summed E-state index contributed by atoms with van der Waals surface area (Å²) in [6, 6.07) is 10.9. The molecule has 2 aromatic heterocycles. The Morgan fingerprint density at radius 3 is 2.59 bits per heavy atom. The van der Waals surface area contributed by atoms with Crippen LogP contribution in [0.15, 0.2) is 41.8 Å². The number of nitrogens with zero attached hydrogens (tertiary/aromatic N) is 3. The summed E-state index contributed by atoms with van der Waals surface area (Å²) in [6.07, 6.45) is 1.96. The minimum atomic E-state index is -0.250. The maximum Gasteiger partial charge on any atom is 0.274 e. The number of nitrogens with one attached hydrogen (secondary N) is 2. The number of hydrogen-bond donors (Lipinski definition) is 2. The fourth-order valence-electron chi connectivity index (χ4n) is 2.84. The number of aromatic nitrogens is 3. The SMILES string of the molecule is CCNC(=O)c1ccc(-n2nnc(C(=O)NC(C)c3cccs3)c2CSC)cc1. The standard InChI is InChI=1S/C20H23N5O2S2/c1-4-21-19(26)14-7-9-15(10-8-14)25-16(12-28-3)18(23-24-25)20(27)22-13(2)17-6-5-11-29-17/h5-11,13H,4,12H2,1-3H3,(H,21,26)(H,22,27). The lowest BCUT2D eigenvalue weighted by Crippen LogP contribution is -2.27. The Balaban J connectivity index is 1.84. The second kappa shape index (κ2) is 9.71. The van der Waals surface area contributed by atoms with E-state index in [1.165, 1.54) is 0 Å². The molecule has 7 nitrogen and oxygen atoms in total. The van der Waals surface area contributed by atoms with Crippen LogP contribution in [-0.2, 0) is 5.75 Å². The van der Waals surface area contributed by atoms with E-state index in [0.717, 1.165) is 16.3 Å². The number of hydrogen-bond acceptors (Lipinski definition) is 6. The minimum absolute atomic E-state index is 0.105. The molecule has 0 saturated heterocycles. The molecular formula is C20H23N5O2S2. The fraction of sp³-hybridized carbons (Fsp3) is 0.300. The number of benzene rings is 1. The Hall–Kier alpha value is -2.65. The largest absolute Gasteiger partial charge is 0.352 e. The molecule has 0 spiro atoms. The van der Waals surface area contributed by atoms with Crippen LogP contribution >= 0.6 is 23.1 Å². The summed E-state index contributed by atoms with van der Waals surface area (Å²) >= 11 is 3.19. The number of carbonyl (C=O) groups excluding carboxylic acids is 2. The molecule has 0 fully saturated rings.